The molecule has 0 fully saturated rings. The van der Waals surface area contributed by atoms with Crippen LogP contribution < -0.4 is 9.73 Å². The van der Waals surface area contributed by atoms with Crippen LogP contribution in [-0.2, 0) is 14.8 Å². The number of sulfonamides is 1. The minimum atomic E-state index is -3.64. The molecular weight excluding hydrogens is 422 g/mol. The molecule has 7 heteroatoms. The molecule has 6 nitrogen and oxygen atoms in total. The van der Waals surface area contributed by atoms with Crippen molar-refractivity contribution < 1.29 is 13.2 Å². The molecule has 162 valence electrons. The highest BCUT2D eigenvalue weighted by Gasteiger charge is 2.20. The molecule has 0 aromatic heterocycles. The van der Waals surface area contributed by atoms with E-state index in [2.05, 4.69) is 16.6 Å². The Morgan fingerprint density at radius 2 is 1.50 bits per heavy atom. The Bertz CT molecular complexity index is 1370. The largest absolute Gasteiger partial charge is 0.271 e. The van der Waals surface area contributed by atoms with Gasteiger partial charge in [-0.25, -0.2) is 13.8 Å². The topological polar surface area (TPSA) is 78.8 Å². The maximum Gasteiger partial charge on any atom is 0.260 e. The second kappa shape index (κ2) is 8.80. The number of nitrogens with one attached hydrogen (secondary N) is 1. The van der Waals surface area contributed by atoms with E-state index in [-0.39, 0.29) is 6.54 Å². The SMILES string of the molecule is Cc1ccc(N(CC(=O)N/N=C\c2c3ccccc3cc3ccccc23)S(C)(=O)=O)cc1. The predicted molar refractivity (Wildman–Crippen MR) is 131 cm³/mol. The van der Waals surface area contributed by atoms with Crippen molar-refractivity contribution in [2.75, 3.05) is 17.1 Å². The van der Waals surface area contributed by atoms with Gasteiger partial charge in [0.15, 0.2) is 0 Å². The van der Waals surface area contributed by atoms with Gasteiger partial charge in [0.05, 0.1) is 18.2 Å². The molecule has 4 aromatic carbocycles. The third-order valence-corrected chi connectivity index (χ3v) is 6.35. The summed E-state index contributed by atoms with van der Waals surface area (Å²) >= 11 is 0. The van der Waals surface area contributed by atoms with Crippen LogP contribution in [0, 0.1) is 6.92 Å². The first-order valence-electron chi connectivity index (χ1n) is 10.1. The molecule has 0 heterocycles. The third-order valence-electron chi connectivity index (χ3n) is 5.21. The Morgan fingerprint density at radius 3 is 2.06 bits per heavy atom. The maximum atomic E-state index is 12.5. The van der Waals surface area contributed by atoms with Gasteiger partial charge in [0.25, 0.3) is 5.91 Å². The first kappa shape index (κ1) is 21.5. The second-order valence-corrected chi connectivity index (χ2v) is 9.54. The monoisotopic (exact) mass is 445 g/mol. The summed E-state index contributed by atoms with van der Waals surface area (Å²) in [6.07, 6.45) is 2.69. The molecule has 1 amide bonds. The Hall–Kier alpha value is -3.71. The number of hydrogen-bond donors (Lipinski definition) is 1. The van der Waals surface area contributed by atoms with Gasteiger partial charge in [-0.2, -0.15) is 5.10 Å². The number of amides is 1. The van der Waals surface area contributed by atoms with Crippen LogP contribution in [0.15, 0.2) is 84.0 Å². The van der Waals surface area contributed by atoms with Crippen molar-refractivity contribution in [2.24, 2.45) is 5.10 Å². The molecule has 32 heavy (non-hydrogen) atoms. The number of benzene rings is 4. The van der Waals surface area contributed by atoms with E-state index in [1.165, 1.54) is 0 Å². The summed E-state index contributed by atoms with van der Waals surface area (Å²) in [6.45, 7) is 1.54. The van der Waals surface area contributed by atoms with Crippen LogP contribution in [0.25, 0.3) is 21.5 Å². The Kier molecular flexibility index (Phi) is 5.92. The first-order valence-corrected chi connectivity index (χ1v) is 11.9. The minimum absolute atomic E-state index is 0.366. The summed E-state index contributed by atoms with van der Waals surface area (Å²) in [7, 11) is -3.64. The lowest BCUT2D eigenvalue weighted by Gasteiger charge is -2.21. The van der Waals surface area contributed by atoms with E-state index in [1.807, 2.05) is 55.5 Å². The fraction of sp³-hybridized carbons (Fsp3) is 0.120. The smallest absolute Gasteiger partial charge is 0.260 e. The normalized spacial score (nSPS) is 11.8. The van der Waals surface area contributed by atoms with Gasteiger partial charge in [0.2, 0.25) is 10.0 Å². The standard InChI is InChI=1S/C25H23N3O3S/c1-18-11-13-21(14-12-18)28(32(2,30)31)17-25(29)27-26-16-24-22-9-5-3-7-19(22)15-20-8-4-6-10-23(20)24/h3-16H,17H2,1-2H3,(H,27,29)/b26-16-. The van der Waals surface area contributed by atoms with E-state index in [1.54, 1.807) is 30.5 Å². The van der Waals surface area contributed by atoms with Gasteiger partial charge in [-0.05, 0) is 46.7 Å². The van der Waals surface area contributed by atoms with Gasteiger partial charge in [0, 0.05) is 5.56 Å². The molecule has 0 aliphatic carbocycles. The van der Waals surface area contributed by atoms with E-state index < -0.39 is 15.9 Å². The summed E-state index contributed by atoms with van der Waals surface area (Å²) < 4.78 is 25.6. The predicted octanol–water partition coefficient (Wildman–Crippen LogP) is 4.22. The fourth-order valence-corrected chi connectivity index (χ4v) is 4.49. The molecule has 0 atom stereocenters. The van der Waals surface area contributed by atoms with Crippen molar-refractivity contribution in [3.63, 3.8) is 0 Å². The van der Waals surface area contributed by atoms with Gasteiger partial charge in [-0.15, -0.1) is 0 Å². The number of rotatable bonds is 6. The quantitative estimate of drug-likeness (QED) is 0.274. The van der Waals surface area contributed by atoms with E-state index in [4.69, 9.17) is 0 Å². The molecular formula is C25H23N3O3S. The molecule has 0 aliphatic rings. The number of carbonyl (C=O) groups is 1. The van der Waals surface area contributed by atoms with Crippen molar-refractivity contribution in [2.45, 2.75) is 6.92 Å². The fourth-order valence-electron chi connectivity index (χ4n) is 3.63. The van der Waals surface area contributed by atoms with Gasteiger partial charge in [-0.1, -0.05) is 66.2 Å². The van der Waals surface area contributed by atoms with Gasteiger partial charge in [0.1, 0.15) is 6.54 Å². The van der Waals surface area contributed by atoms with Gasteiger partial charge in [-0.3, -0.25) is 9.10 Å². The molecule has 0 radical (unpaired) electrons. The third kappa shape index (κ3) is 4.63. The molecule has 0 saturated heterocycles. The van der Waals surface area contributed by atoms with Crippen molar-refractivity contribution in [3.8, 4) is 0 Å². The van der Waals surface area contributed by atoms with Crippen LogP contribution in [-0.4, -0.2) is 33.3 Å². The molecule has 4 rings (SSSR count). The Balaban J connectivity index is 1.59. The van der Waals surface area contributed by atoms with Crippen molar-refractivity contribution in [1.29, 1.82) is 0 Å². The maximum absolute atomic E-state index is 12.5. The van der Waals surface area contributed by atoms with Crippen LogP contribution in [0.4, 0.5) is 5.69 Å². The molecule has 0 spiro atoms. The average molecular weight is 446 g/mol. The summed E-state index contributed by atoms with van der Waals surface area (Å²) in [6, 6.07) is 25.0. The number of nitrogens with zero attached hydrogens (tertiary/aromatic N) is 2. The Morgan fingerprint density at radius 1 is 0.938 bits per heavy atom. The highest BCUT2D eigenvalue weighted by molar-refractivity contribution is 7.92. The molecule has 1 N–H and O–H groups in total. The lowest BCUT2D eigenvalue weighted by molar-refractivity contribution is -0.119. The van der Waals surface area contributed by atoms with Gasteiger partial charge < -0.3 is 0 Å². The number of aryl methyl sites for hydroxylation is 1. The van der Waals surface area contributed by atoms with E-state index in [0.29, 0.717) is 5.69 Å². The lowest BCUT2D eigenvalue weighted by atomic mass is 9.97. The van der Waals surface area contributed by atoms with E-state index >= 15 is 0 Å². The summed E-state index contributed by atoms with van der Waals surface area (Å²) in [5, 5.41) is 8.31. The van der Waals surface area contributed by atoms with E-state index in [0.717, 1.165) is 43.2 Å². The zero-order valence-electron chi connectivity index (χ0n) is 17.8. The van der Waals surface area contributed by atoms with Crippen LogP contribution in [0.3, 0.4) is 0 Å². The van der Waals surface area contributed by atoms with Gasteiger partial charge >= 0.3 is 0 Å². The molecule has 0 saturated carbocycles. The summed E-state index contributed by atoms with van der Waals surface area (Å²) in [5.41, 5.74) is 4.78. The minimum Gasteiger partial charge on any atom is -0.271 e. The van der Waals surface area contributed by atoms with Crippen LogP contribution in [0.2, 0.25) is 0 Å². The number of anilines is 1. The lowest BCUT2D eigenvalue weighted by Crippen LogP contribution is -2.39. The zero-order chi connectivity index (χ0) is 22.7. The highest BCUT2D eigenvalue weighted by atomic mass is 32.2. The second-order valence-electron chi connectivity index (χ2n) is 7.63. The number of hydrogen-bond acceptors (Lipinski definition) is 4. The molecule has 4 aromatic rings. The van der Waals surface area contributed by atoms with Crippen LogP contribution in [0.5, 0.6) is 0 Å². The number of fused-ring (bicyclic) bond motifs is 2. The number of hydrazone groups is 1. The van der Waals surface area contributed by atoms with E-state index in [9.17, 15) is 13.2 Å². The van der Waals surface area contributed by atoms with Crippen LogP contribution in [0.1, 0.15) is 11.1 Å². The van der Waals surface area contributed by atoms with Crippen molar-refractivity contribution in [3.05, 3.63) is 90.0 Å². The van der Waals surface area contributed by atoms with Crippen LogP contribution >= 0.6 is 0 Å². The summed E-state index contributed by atoms with van der Waals surface area (Å²) in [4.78, 5) is 12.5. The number of carbonyl (C=O) groups excluding carboxylic acids is 1. The first-order chi connectivity index (χ1) is 15.3. The molecule has 0 bridgehead atoms. The molecule has 0 unspecified atom stereocenters. The highest BCUT2D eigenvalue weighted by Crippen LogP contribution is 2.27. The Labute approximate surface area is 187 Å². The molecule has 0 aliphatic heterocycles. The zero-order valence-corrected chi connectivity index (χ0v) is 18.6. The summed E-state index contributed by atoms with van der Waals surface area (Å²) in [5.74, 6) is -0.531. The van der Waals surface area contributed by atoms with Crippen molar-refractivity contribution in [1.82, 2.24) is 5.43 Å². The average Bonchev–Trinajstić information content (AvgIpc) is 2.77. The van der Waals surface area contributed by atoms with Crippen molar-refractivity contribution >= 4 is 49.4 Å².